The van der Waals surface area contributed by atoms with Crippen LogP contribution in [0.2, 0.25) is 5.02 Å². The first kappa shape index (κ1) is 9.38. The minimum atomic E-state index is 0.847. The van der Waals surface area contributed by atoms with Gasteiger partial charge in [0.1, 0.15) is 0 Å². The summed E-state index contributed by atoms with van der Waals surface area (Å²) in [5.41, 5.74) is 1.38. The van der Waals surface area contributed by atoms with Gasteiger partial charge in [-0.25, -0.2) is 0 Å². The van der Waals surface area contributed by atoms with Gasteiger partial charge in [0.15, 0.2) is 0 Å². The molecular weight excluding hydrogens is 202 g/mol. The number of benzene rings is 1. The van der Waals surface area contributed by atoms with Crippen molar-refractivity contribution >= 4 is 23.5 Å². The van der Waals surface area contributed by atoms with Gasteiger partial charge in [-0.05, 0) is 55.0 Å². The molecule has 1 heterocycles. The monoisotopic (exact) mass is 213 g/mol. The van der Waals surface area contributed by atoms with Crippen LogP contribution < -0.4 is 4.72 Å². The Morgan fingerprint density at radius 3 is 3.15 bits per heavy atom. The lowest BCUT2D eigenvalue weighted by molar-refractivity contribution is 0.709. The molecule has 0 radical (unpaired) electrons. The molecule has 2 rings (SSSR count). The van der Waals surface area contributed by atoms with E-state index >= 15 is 0 Å². The lowest BCUT2D eigenvalue weighted by atomic mass is 10.1. The molecule has 0 atom stereocenters. The van der Waals surface area contributed by atoms with Gasteiger partial charge >= 0.3 is 0 Å². The number of hydrogen-bond acceptors (Lipinski definition) is 2. The van der Waals surface area contributed by atoms with Gasteiger partial charge in [0.25, 0.3) is 0 Å². The number of aryl methyl sites for hydroxylation is 1. The van der Waals surface area contributed by atoms with Crippen LogP contribution in [0, 0.1) is 0 Å². The van der Waals surface area contributed by atoms with Crippen LogP contribution in [0.5, 0.6) is 0 Å². The summed E-state index contributed by atoms with van der Waals surface area (Å²) < 4.78 is 3.34. The molecule has 0 saturated carbocycles. The van der Waals surface area contributed by atoms with E-state index in [0.29, 0.717) is 0 Å². The summed E-state index contributed by atoms with van der Waals surface area (Å²) in [6, 6.07) is 6.13. The summed E-state index contributed by atoms with van der Waals surface area (Å²) >= 11 is 7.66. The highest BCUT2D eigenvalue weighted by Crippen LogP contribution is 2.26. The summed E-state index contributed by atoms with van der Waals surface area (Å²) in [5.74, 6) is 0. The zero-order valence-corrected chi connectivity index (χ0v) is 8.92. The van der Waals surface area contributed by atoms with Crippen LogP contribution in [0.1, 0.15) is 18.4 Å². The average Bonchev–Trinajstić information content (AvgIpc) is 2.08. The van der Waals surface area contributed by atoms with E-state index < -0.39 is 0 Å². The molecule has 1 nitrogen and oxygen atoms in total. The number of hydrogen-bond donors (Lipinski definition) is 1. The standard InChI is InChI=1S/C10H12ClNS/c11-9-4-5-10-8(7-9)3-1-2-6-12-13-10/h4-5,7,12H,1-3,6H2. The van der Waals surface area contributed by atoms with Crippen LogP contribution in [0.3, 0.4) is 0 Å². The maximum Gasteiger partial charge on any atom is 0.0409 e. The molecule has 0 aromatic heterocycles. The van der Waals surface area contributed by atoms with Crippen molar-refractivity contribution in [3.63, 3.8) is 0 Å². The molecule has 1 aromatic carbocycles. The van der Waals surface area contributed by atoms with Crippen molar-refractivity contribution in [1.29, 1.82) is 0 Å². The predicted molar refractivity (Wildman–Crippen MR) is 58.2 cm³/mol. The number of fused-ring (bicyclic) bond motifs is 1. The van der Waals surface area contributed by atoms with Crippen LogP contribution in [0.25, 0.3) is 0 Å². The van der Waals surface area contributed by atoms with Crippen LogP contribution in [0.4, 0.5) is 0 Å². The summed E-state index contributed by atoms with van der Waals surface area (Å²) in [7, 11) is 0. The fraction of sp³-hybridized carbons (Fsp3) is 0.400. The van der Waals surface area contributed by atoms with Crippen molar-refractivity contribution in [1.82, 2.24) is 4.72 Å². The number of nitrogens with one attached hydrogen (secondary N) is 1. The molecule has 0 unspecified atom stereocenters. The lowest BCUT2D eigenvalue weighted by Crippen LogP contribution is -2.09. The summed E-state index contributed by atoms with van der Waals surface area (Å²) in [6.07, 6.45) is 3.66. The van der Waals surface area contributed by atoms with Crippen LogP contribution in [0.15, 0.2) is 23.1 Å². The van der Waals surface area contributed by atoms with Gasteiger partial charge in [-0.2, -0.15) is 0 Å². The van der Waals surface area contributed by atoms with Gasteiger partial charge < -0.3 is 0 Å². The molecule has 1 aliphatic heterocycles. The van der Waals surface area contributed by atoms with E-state index in [0.717, 1.165) is 18.0 Å². The topological polar surface area (TPSA) is 12.0 Å². The Kier molecular flexibility index (Phi) is 3.14. The van der Waals surface area contributed by atoms with Crippen LogP contribution in [-0.4, -0.2) is 6.54 Å². The molecule has 1 aromatic rings. The normalized spacial score (nSPS) is 17.3. The third kappa shape index (κ3) is 2.39. The van der Waals surface area contributed by atoms with E-state index in [-0.39, 0.29) is 0 Å². The second kappa shape index (κ2) is 4.36. The van der Waals surface area contributed by atoms with Crippen LogP contribution in [-0.2, 0) is 6.42 Å². The molecule has 70 valence electrons. The minimum Gasteiger partial charge on any atom is -0.260 e. The average molecular weight is 214 g/mol. The molecule has 0 bridgehead atoms. The van der Waals surface area contributed by atoms with Crippen molar-refractivity contribution in [3.05, 3.63) is 28.8 Å². The maximum atomic E-state index is 5.94. The zero-order chi connectivity index (χ0) is 9.10. The van der Waals surface area contributed by atoms with Gasteiger partial charge in [0.05, 0.1) is 0 Å². The second-order valence-corrected chi connectivity index (χ2v) is 4.57. The van der Waals surface area contributed by atoms with Gasteiger partial charge in [-0.3, -0.25) is 4.72 Å². The fourth-order valence-corrected chi connectivity index (χ4v) is 2.51. The summed E-state index contributed by atoms with van der Waals surface area (Å²) in [5, 5.41) is 0.847. The van der Waals surface area contributed by atoms with E-state index in [1.165, 1.54) is 23.3 Å². The third-order valence-electron chi connectivity index (χ3n) is 2.18. The molecule has 1 aliphatic rings. The number of halogens is 1. The first-order chi connectivity index (χ1) is 6.36. The summed E-state index contributed by atoms with van der Waals surface area (Å²) in [4.78, 5) is 1.32. The molecule has 0 spiro atoms. The molecule has 0 aliphatic carbocycles. The molecular formula is C10H12ClNS. The van der Waals surface area contributed by atoms with Crippen molar-refractivity contribution < 1.29 is 0 Å². The van der Waals surface area contributed by atoms with E-state index in [1.54, 1.807) is 11.9 Å². The molecule has 13 heavy (non-hydrogen) atoms. The Labute approximate surface area is 88.0 Å². The minimum absolute atomic E-state index is 0.847. The molecule has 0 amide bonds. The molecule has 0 fully saturated rings. The van der Waals surface area contributed by atoms with E-state index in [9.17, 15) is 0 Å². The summed E-state index contributed by atoms with van der Waals surface area (Å²) in [6.45, 7) is 1.10. The Balaban J connectivity index is 2.28. The predicted octanol–water partition coefficient (Wildman–Crippen LogP) is 3.27. The Morgan fingerprint density at radius 2 is 2.23 bits per heavy atom. The van der Waals surface area contributed by atoms with E-state index in [1.807, 2.05) is 6.07 Å². The SMILES string of the molecule is Clc1ccc2c(c1)CCCCNS2. The fourth-order valence-electron chi connectivity index (χ4n) is 1.48. The van der Waals surface area contributed by atoms with E-state index in [4.69, 9.17) is 11.6 Å². The Morgan fingerprint density at radius 1 is 1.31 bits per heavy atom. The van der Waals surface area contributed by atoms with Gasteiger partial charge in [0, 0.05) is 16.5 Å². The van der Waals surface area contributed by atoms with Crippen molar-refractivity contribution in [3.8, 4) is 0 Å². The van der Waals surface area contributed by atoms with Gasteiger partial charge in [0.2, 0.25) is 0 Å². The van der Waals surface area contributed by atoms with Gasteiger partial charge in [-0.15, -0.1) is 0 Å². The zero-order valence-electron chi connectivity index (χ0n) is 7.35. The highest BCUT2D eigenvalue weighted by molar-refractivity contribution is 7.97. The first-order valence-electron chi connectivity index (χ1n) is 4.54. The molecule has 3 heteroatoms. The Hall–Kier alpha value is -0.180. The quantitative estimate of drug-likeness (QED) is 0.664. The smallest absolute Gasteiger partial charge is 0.0409 e. The lowest BCUT2D eigenvalue weighted by Gasteiger charge is -2.13. The van der Waals surface area contributed by atoms with Crippen molar-refractivity contribution in [2.24, 2.45) is 0 Å². The van der Waals surface area contributed by atoms with Crippen LogP contribution >= 0.6 is 23.5 Å². The Bertz CT molecular complexity index is 301. The highest BCUT2D eigenvalue weighted by atomic mass is 35.5. The van der Waals surface area contributed by atoms with Crippen molar-refractivity contribution in [2.75, 3.05) is 6.54 Å². The first-order valence-corrected chi connectivity index (χ1v) is 5.74. The van der Waals surface area contributed by atoms with Crippen molar-refractivity contribution in [2.45, 2.75) is 24.2 Å². The molecule has 0 saturated heterocycles. The third-order valence-corrected chi connectivity index (χ3v) is 3.38. The maximum absolute atomic E-state index is 5.94. The number of rotatable bonds is 0. The molecule has 1 N–H and O–H groups in total. The van der Waals surface area contributed by atoms with E-state index in [2.05, 4.69) is 16.9 Å². The van der Waals surface area contributed by atoms with Gasteiger partial charge in [-0.1, -0.05) is 11.6 Å². The highest BCUT2D eigenvalue weighted by Gasteiger charge is 2.06. The second-order valence-electron chi connectivity index (χ2n) is 3.21. The largest absolute Gasteiger partial charge is 0.260 e.